The van der Waals surface area contributed by atoms with E-state index >= 15 is 0 Å². The molecule has 2 aromatic rings. The highest BCUT2D eigenvalue weighted by atomic mass is 15.4. The molecule has 1 atom stereocenters. The summed E-state index contributed by atoms with van der Waals surface area (Å²) in [4.78, 5) is 4.28. The maximum absolute atomic E-state index is 4.28. The SMILES string of the molecule is CC(Nn1cccc1)c1nccn1C. The van der Waals surface area contributed by atoms with Gasteiger partial charge in [0.1, 0.15) is 5.82 Å². The second kappa shape index (κ2) is 3.57. The molecule has 0 radical (unpaired) electrons. The Hall–Kier alpha value is -1.71. The molecule has 0 spiro atoms. The first-order valence-corrected chi connectivity index (χ1v) is 4.64. The molecule has 0 aliphatic rings. The topological polar surface area (TPSA) is 34.8 Å². The van der Waals surface area contributed by atoms with Crippen LogP contribution in [0.2, 0.25) is 0 Å². The minimum Gasteiger partial charge on any atom is -0.336 e. The van der Waals surface area contributed by atoms with Crippen LogP contribution in [0.3, 0.4) is 0 Å². The Labute approximate surface area is 83.2 Å². The lowest BCUT2D eigenvalue weighted by atomic mass is 10.3. The van der Waals surface area contributed by atoms with E-state index in [0.29, 0.717) is 0 Å². The molecule has 0 aromatic carbocycles. The van der Waals surface area contributed by atoms with Gasteiger partial charge in [-0.15, -0.1) is 0 Å². The molecule has 2 heterocycles. The lowest BCUT2D eigenvalue weighted by Crippen LogP contribution is -2.19. The summed E-state index contributed by atoms with van der Waals surface area (Å²) in [6.45, 7) is 2.09. The first-order chi connectivity index (χ1) is 6.77. The van der Waals surface area contributed by atoms with Crippen LogP contribution < -0.4 is 5.43 Å². The van der Waals surface area contributed by atoms with Crippen molar-refractivity contribution in [2.45, 2.75) is 13.0 Å². The van der Waals surface area contributed by atoms with Crippen LogP contribution in [0.1, 0.15) is 18.8 Å². The number of imidazole rings is 1. The fraction of sp³-hybridized carbons (Fsp3) is 0.300. The Balaban J connectivity index is 2.10. The van der Waals surface area contributed by atoms with Crippen molar-refractivity contribution in [1.82, 2.24) is 14.2 Å². The molecule has 4 nitrogen and oxygen atoms in total. The van der Waals surface area contributed by atoms with E-state index in [1.165, 1.54) is 0 Å². The van der Waals surface area contributed by atoms with Crippen molar-refractivity contribution in [2.75, 3.05) is 5.43 Å². The minimum absolute atomic E-state index is 0.197. The van der Waals surface area contributed by atoms with E-state index < -0.39 is 0 Å². The smallest absolute Gasteiger partial charge is 0.132 e. The lowest BCUT2D eigenvalue weighted by molar-refractivity contribution is 0.652. The number of nitrogens with zero attached hydrogens (tertiary/aromatic N) is 3. The molecule has 74 valence electrons. The zero-order valence-electron chi connectivity index (χ0n) is 8.38. The molecule has 14 heavy (non-hydrogen) atoms. The van der Waals surface area contributed by atoms with Crippen molar-refractivity contribution in [2.24, 2.45) is 7.05 Å². The third kappa shape index (κ3) is 1.64. The molecule has 4 heteroatoms. The predicted octanol–water partition coefficient (Wildman–Crippen LogP) is 1.53. The van der Waals surface area contributed by atoms with Gasteiger partial charge in [-0.1, -0.05) is 0 Å². The van der Waals surface area contributed by atoms with Crippen LogP contribution in [0, 0.1) is 0 Å². The number of hydrogen-bond acceptors (Lipinski definition) is 2. The van der Waals surface area contributed by atoms with Gasteiger partial charge in [0.05, 0.1) is 6.04 Å². The van der Waals surface area contributed by atoms with Gasteiger partial charge >= 0.3 is 0 Å². The summed E-state index contributed by atoms with van der Waals surface area (Å²) < 4.78 is 3.94. The van der Waals surface area contributed by atoms with Crippen molar-refractivity contribution in [3.8, 4) is 0 Å². The van der Waals surface area contributed by atoms with Gasteiger partial charge in [0.2, 0.25) is 0 Å². The molecule has 1 N–H and O–H groups in total. The van der Waals surface area contributed by atoms with Crippen LogP contribution in [-0.4, -0.2) is 14.2 Å². The van der Waals surface area contributed by atoms with Crippen molar-refractivity contribution in [1.29, 1.82) is 0 Å². The van der Waals surface area contributed by atoms with Crippen LogP contribution in [0.15, 0.2) is 36.9 Å². The Kier molecular flexibility index (Phi) is 2.26. The number of hydrogen-bond donors (Lipinski definition) is 1. The molecule has 0 amide bonds. The second-order valence-corrected chi connectivity index (χ2v) is 3.34. The molecule has 0 saturated heterocycles. The Bertz CT molecular complexity index is 388. The van der Waals surface area contributed by atoms with Gasteiger partial charge in [0.15, 0.2) is 0 Å². The molecule has 2 aromatic heterocycles. The monoisotopic (exact) mass is 190 g/mol. The Morgan fingerprint density at radius 2 is 2.00 bits per heavy atom. The molecular formula is C10H14N4. The van der Waals surface area contributed by atoms with E-state index in [9.17, 15) is 0 Å². The van der Waals surface area contributed by atoms with Crippen molar-refractivity contribution < 1.29 is 0 Å². The Morgan fingerprint density at radius 1 is 1.29 bits per heavy atom. The quantitative estimate of drug-likeness (QED) is 0.796. The first-order valence-electron chi connectivity index (χ1n) is 4.64. The predicted molar refractivity (Wildman–Crippen MR) is 55.4 cm³/mol. The average molecular weight is 190 g/mol. The highest BCUT2D eigenvalue weighted by molar-refractivity contribution is 5.03. The van der Waals surface area contributed by atoms with Crippen molar-refractivity contribution in [3.05, 3.63) is 42.7 Å². The summed E-state index contributed by atoms with van der Waals surface area (Å²) in [5, 5.41) is 0. The molecule has 0 aliphatic carbocycles. The maximum atomic E-state index is 4.28. The third-order valence-corrected chi connectivity index (χ3v) is 2.19. The highest BCUT2D eigenvalue weighted by Gasteiger charge is 2.08. The zero-order chi connectivity index (χ0) is 9.97. The standard InChI is InChI=1S/C10H14N4/c1-9(10-11-5-8-13(10)2)12-14-6-3-4-7-14/h3-9,12H,1-2H3. The van der Waals surface area contributed by atoms with Crippen LogP contribution in [0.5, 0.6) is 0 Å². The fourth-order valence-corrected chi connectivity index (χ4v) is 1.50. The van der Waals surface area contributed by atoms with Gasteiger partial charge in [-0.3, -0.25) is 4.68 Å². The molecule has 0 bridgehead atoms. The van der Waals surface area contributed by atoms with E-state index in [2.05, 4.69) is 17.3 Å². The second-order valence-electron chi connectivity index (χ2n) is 3.34. The molecule has 1 unspecified atom stereocenters. The van der Waals surface area contributed by atoms with Gasteiger partial charge in [-0.05, 0) is 19.1 Å². The number of aromatic nitrogens is 3. The van der Waals surface area contributed by atoms with E-state index in [1.54, 1.807) is 0 Å². The van der Waals surface area contributed by atoms with Gasteiger partial charge in [-0.2, -0.15) is 0 Å². The molecule has 0 aliphatic heterocycles. The van der Waals surface area contributed by atoms with E-state index in [1.807, 2.05) is 53.2 Å². The summed E-state index contributed by atoms with van der Waals surface area (Å²) in [5.74, 6) is 1.03. The first kappa shape index (κ1) is 8.87. The number of rotatable bonds is 3. The largest absolute Gasteiger partial charge is 0.336 e. The van der Waals surface area contributed by atoms with Gasteiger partial charge < -0.3 is 9.99 Å². The Morgan fingerprint density at radius 3 is 2.57 bits per heavy atom. The molecular weight excluding hydrogens is 176 g/mol. The third-order valence-electron chi connectivity index (χ3n) is 2.19. The molecule has 0 saturated carbocycles. The summed E-state index contributed by atoms with van der Waals surface area (Å²) >= 11 is 0. The molecule has 0 fully saturated rings. The summed E-state index contributed by atoms with van der Waals surface area (Å²) in [6.07, 6.45) is 7.70. The lowest BCUT2D eigenvalue weighted by Gasteiger charge is -2.15. The van der Waals surface area contributed by atoms with Gasteiger partial charge in [-0.25, -0.2) is 4.98 Å². The van der Waals surface area contributed by atoms with E-state index in [4.69, 9.17) is 0 Å². The summed E-state index contributed by atoms with van der Waals surface area (Å²) in [6, 6.07) is 4.17. The summed E-state index contributed by atoms with van der Waals surface area (Å²) in [5.41, 5.74) is 3.30. The normalized spacial score (nSPS) is 12.7. The van der Waals surface area contributed by atoms with Crippen molar-refractivity contribution in [3.63, 3.8) is 0 Å². The summed E-state index contributed by atoms with van der Waals surface area (Å²) in [7, 11) is 2.00. The van der Waals surface area contributed by atoms with Crippen LogP contribution >= 0.6 is 0 Å². The van der Waals surface area contributed by atoms with Crippen LogP contribution in [0.4, 0.5) is 0 Å². The highest BCUT2D eigenvalue weighted by Crippen LogP contribution is 2.09. The average Bonchev–Trinajstić information content (AvgIpc) is 2.75. The van der Waals surface area contributed by atoms with Crippen LogP contribution in [-0.2, 0) is 7.05 Å². The fourth-order valence-electron chi connectivity index (χ4n) is 1.50. The van der Waals surface area contributed by atoms with Crippen molar-refractivity contribution >= 4 is 0 Å². The number of aryl methyl sites for hydroxylation is 1. The van der Waals surface area contributed by atoms with Gasteiger partial charge in [0.25, 0.3) is 0 Å². The minimum atomic E-state index is 0.197. The van der Waals surface area contributed by atoms with Gasteiger partial charge in [0, 0.05) is 31.8 Å². The van der Waals surface area contributed by atoms with E-state index in [0.717, 1.165) is 5.82 Å². The zero-order valence-corrected chi connectivity index (χ0v) is 8.38. The molecule has 2 rings (SSSR count). The van der Waals surface area contributed by atoms with Crippen LogP contribution in [0.25, 0.3) is 0 Å². The van der Waals surface area contributed by atoms with E-state index in [-0.39, 0.29) is 6.04 Å². The maximum Gasteiger partial charge on any atom is 0.132 e. The number of nitrogens with one attached hydrogen (secondary N) is 1.